The maximum Gasteiger partial charge on any atom is 0.0605 e. The van der Waals surface area contributed by atoms with Gasteiger partial charge in [-0.05, 0) is 49.4 Å². The molecule has 0 spiro atoms. The number of hydrogen-bond donors (Lipinski definition) is 1. The van der Waals surface area contributed by atoms with Crippen molar-refractivity contribution in [1.29, 1.82) is 0 Å². The topological polar surface area (TPSA) is 42.7 Å². The Morgan fingerprint density at radius 1 is 1.33 bits per heavy atom. The van der Waals surface area contributed by atoms with Crippen LogP contribution >= 0.6 is 0 Å². The van der Waals surface area contributed by atoms with Crippen molar-refractivity contribution >= 4 is 0 Å². The van der Waals surface area contributed by atoms with Crippen molar-refractivity contribution in [1.82, 2.24) is 20.1 Å². The van der Waals surface area contributed by atoms with Crippen LogP contribution < -0.4 is 5.32 Å². The van der Waals surface area contributed by atoms with Crippen molar-refractivity contribution in [3.05, 3.63) is 47.5 Å². The summed E-state index contributed by atoms with van der Waals surface area (Å²) in [6.45, 7) is 5.42. The van der Waals surface area contributed by atoms with Gasteiger partial charge in [0.15, 0.2) is 0 Å². The molecule has 1 N–H and O–H groups in total. The second kappa shape index (κ2) is 7.93. The summed E-state index contributed by atoms with van der Waals surface area (Å²) in [5.74, 6) is 0. The van der Waals surface area contributed by atoms with Gasteiger partial charge < -0.3 is 5.32 Å². The monoisotopic (exact) mass is 286 g/mol. The predicted molar refractivity (Wildman–Crippen MR) is 86.2 cm³/mol. The molecule has 0 aliphatic rings. The molecular formula is C17H26N4. The molecule has 0 amide bonds. The lowest BCUT2D eigenvalue weighted by molar-refractivity contribution is 0.485. The number of nitrogens with one attached hydrogen (secondary N) is 1. The highest BCUT2D eigenvalue weighted by atomic mass is 15.2. The van der Waals surface area contributed by atoms with Gasteiger partial charge in [-0.25, -0.2) is 0 Å². The van der Waals surface area contributed by atoms with Crippen LogP contribution in [0.1, 0.15) is 49.6 Å². The molecule has 0 saturated carbocycles. The first kappa shape index (κ1) is 15.7. The molecule has 1 unspecified atom stereocenters. The Kier molecular flexibility index (Phi) is 5.93. The quantitative estimate of drug-likeness (QED) is 0.811. The van der Waals surface area contributed by atoms with E-state index < -0.39 is 0 Å². The molecule has 4 nitrogen and oxygen atoms in total. The van der Waals surface area contributed by atoms with Crippen molar-refractivity contribution in [3.63, 3.8) is 0 Å². The van der Waals surface area contributed by atoms with E-state index in [1.165, 1.54) is 16.8 Å². The number of hydrogen-bond acceptors (Lipinski definition) is 3. The maximum atomic E-state index is 4.64. The molecule has 0 aromatic carbocycles. The van der Waals surface area contributed by atoms with E-state index in [-0.39, 0.29) is 0 Å². The van der Waals surface area contributed by atoms with Gasteiger partial charge in [0.25, 0.3) is 0 Å². The third-order valence-electron chi connectivity index (χ3n) is 3.76. The van der Waals surface area contributed by atoms with E-state index in [2.05, 4.69) is 41.5 Å². The Morgan fingerprint density at radius 3 is 2.86 bits per heavy atom. The molecule has 2 aromatic heterocycles. The van der Waals surface area contributed by atoms with Crippen LogP contribution in [0.15, 0.2) is 30.7 Å². The van der Waals surface area contributed by atoms with Crippen LogP contribution in [0.4, 0.5) is 0 Å². The van der Waals surface area contributed by atoms with Crippen LogP contribution in [-0.2, 0) is 19.9 Å². The van der Waals surface area contributed by atoms with Crippen molar-refractivity contribution < 1.29 is 0 Å². The highest BCUT2D eigenvalue weighted by Crippen LogP contribution is 2.21. The standard InChI is InChI=1S/C17H26N4/c1-4-10-18-16(9-8-14-12-20-21(3)13-14)17-15(5-2)7-6-11-19-17/h6-7,11-13,16,18H,4-5,8-10H2,1-3H3. The van der Waals surface area contributed by atoms with Crippen molar-refractivity contribution in [3.8, 4) is 0 Å². The van der Waals surface area contributed by atoms with Crippen LogP contribution in [-0.4, -0.2) is 21.3 Å². The average Bonchev–Trinajstić information content (AvgIpc) is 2.93. The van der Waals surface area contributed by atoms with Gasteiger partial charge in [0.05, 0.1) is 17.9 Å². The molecule has 0 aliphatic carbocycles. The molecule has 0 aliphatic heterocycles. The second-order valence-electron chi connectivity index (χ2n) is 5.47. The van der Waals surface area contributed by atoms with Crippen LogP contribution in [0.25, 0.3) is 0 Å². The molecule has 114 valence electrons. The molecule has 21 heavy (non-hydrogen) atoms. The van der Waals surface area contributed by atoms with E-state index in [9.17, 15) is 0 Å². The molecule has 0 fully saturated rings. The molecule has 2 rings (SSSR count). The van der Waals surface area contributed by atoms with Crippen LogP contribution in [0.2, 0.25) is 0 Å². The van der Waals surface area contributed by atoms with Gasteiger partial charge in [0, 0.05) is 19.4 Å². The van der Waals surface area contributed by atoms with E-state index in [0.717, 1.165) is 32.2 Å². The lowest BCUT2D eigenvalue weighted by Gasteiger charge is -2.20. The summed E-state index contributed by atoms with van der Waals surface area (Å²) in [6.07, 6.45) is 10.2. The molecule has 0 radical (unpaired) electrons. The van der Waals surface area contributed by atoms with Gasteiger partial charge in [0.1, 0.15) is 0 Å². The average molecular weight is 286 g/mol. The Morgan fingerprint density at radius 2 is 2.19 bits per heavy atom. The number of aromatic nitrogens is 3. The minimum absolute atomic E-state index is 0.321. The second-order valence-corrected chi connectivity index (χ2v) is 5.47. The third-order valence-corrected chi connectivity index (χ3v) is 3.76. The number of aryl methyl sites for hydroxylation is 3. The van der Waals surface area contributed by atoms with Gasteiger partial charge in [-0.15, -0.1) is 0 Å². The number of pyridine rings is 1. The Hall–Kier alpha value is -1.68. The van der Waals surface area contributed by atoms with Crippen LogP contribution in [0.5, 0.6) is 0 Å². The molecular weight excluding hydrogens is 260 g/mol. The van der Waals surface area contributed by atoms with Crippen molar-refractivity contribution in [2.75, 3.05) is 6.54 Å². The summed E-state index contributed by atoms with van der Waals surface area (Å²) in [5, 5.41) is 7.89. The van der Waals surface area contributed by atoms with E-state index in [1.807, 2.05) is 30.2 Å². The van der Waals surface area contributed by atoms with Crippen LogP contribution in [0, 0.1) is 0 Å². The molecule has 0 bridgehead atoms. The highest BCUT2D eigenvalue weighted by molar-refractivity contribution is 5.23. The summed E-state index contributed by atoms with van der Waals surface area (Å²) in [7, 11) is 1.96. The van der Waals surface area contributed by atoms with Crippen LogP contribution in [0.3, 0.4) is 0 Å². The summed E-state index contributed by atoms with van der Waals surface area (Å²) >= 11 is 0. The molecule has 1 atom stereocenters. The summed E-state index contributed by atoms with van der Waals surface area (Å²) < 4.78 is 1.86. The third kappa shape index (κ3) is 4.39. The minimum atomic E-state index is 0.321. The fourth-order valence-electron chi connectivity index (χ4n) is 2.63. The fraction of sp³-hybridized carbons (Fsp3) is 0.529. The Bertz CT molecular complexity index is 547. The maximum absolute atomic E-state index is 4.64. The Balaban J connectivity index is 2.09. The summed E-state index contributed by atoms with van der Waals surface area (Å²) in [4.78, 5) is 4.64. The lowest BCUT2D eigenvalue weighted by atomic mass is 9.99. The number of rotatable bonds is 8. The first-order chi connectivity index (χ1) is 10.2. The van der Waals surface area contributed by atoms with E-state index >= 15 is 0 Å². The smallest absolute Gasteiger partial charge is 0.0605 e. The minimum Gasteiger partial charge on any atom is -0.309 e. The molecule has 2 heterocycles. The normalized spacial score (nSPS) is 12.5. The van der Waals surface area contributed by atoms with Gasteiger partial charge in [-0.2, -0.15) is 5.10 Å². The molecule has 0 saturated heterocycles. The van der Waals surface area contributed by atoms with Crippen molar-refractivity contribution in [2.45, 2.75) is 45.6 Å². The SMILES string of the molecule is CCCNC(CCc1cnn(C)c1)c1ncccc1CC. The highest BCUT2D eigenvalue weighted by Gasteiger charge is 2.15. The van der Waals surface area contributed by atoms with E-state index in [1.54, 1.807) is 0 Å². The summed E-state index contributed by atoms with van der Waals surface area (Å²) in [5.41, 5.74) is 3.84. The largest absolute Gasteiger partial charge is 0.309 e. The zero-order valence-corrected chi connectivity index (χ0v) is 13.3. The first-order valence-electron chi connectivity index (χ1n) is 7.89. The lowest BCUT2D eigenvalue weighted by Crippen LogP contribution is -2.24. The van der Waals surface area contributed by atoms with Gasteiger partial charge in [-0.3, -0.25) is 9.67 Å². The van der Waals surface area contributed by atoms with E-state index in [4.69, 9.17) is 0 Å². The summed E-state index contributed by atoms with van der Waals surface area (Å²) in [6, 6.07) is 4.54. The van der Waals surface area contributed by atoms with Gasteiger partial charge in [0.2, 0.25) is 0 Å². The van der Waals surface area contributed by atoms with Gasteiger partial charge in [-0.1, -0.05) is 19.9 Å². The zero-order chi connectivity index (χ0) is 15.1. The zero-order valence-electron chi connectivity index (χ0n) is 13.3. The van der Waals surface area contributed by atoms with Gasteiger partial charge >= 0.3 is 0 Å². The predicted octanol–water partition coefficient (Wildman–Crippen LogP) is 3.05. The first-order valence-corrected chi connectivity index (χ1v) is 7.89. The molecule has 4 heteroatoms. The number of nitrogens with zero attached hydrogens (tertiary/aromatic N) is 3. The molecule has 2 aromatic rings. The fourth-order valence-corrected chi connectivity index (χ4v) is 2.63. The van der Waals surface area contributed by atoms with E-state index in [0.29, 0.717) is 6.04 Å². The van der Waals surface area contributed by atoms with Crippen molar-refractivity contribution in [2.24, 2.45) is 7.05 Å². The Labute approximate surface area is 127 Å².